The van der Waals surface area contributed by atoms with Crippen molar-refractivity contribution in [2.24, 2.45) is 11.7 Å². The zero-order valence-corrected chi connectivity index (χ0v) is 17.1. The van der Waals surface area contributed by atoms with Crippen molar-refractivity contribution in [2.75, 3.05) is 0 Å². The van der Waals surface area contributed by atoms with Gasteiger partial charge in [-0.1, -0.05) is 43.8 Å². The van der Waals surface area contributed by atoms with Gasteiger partial charge in [0.15, 0.2) is 10.9 Å². The fourth-order valence-electron chi connectivity index (χ4n) is 3.08. The number of hydrogen-bond acceptors (Lipinski definition) is 5. The minimum atomic E-state index is -0.365. The van der Waals surface area contributed by atoms with Crippen LogP contribution in [0.3, 0.4) is 0 Å². The minimum Gasteiger partial charge on any atom is -0.370 e. The van der Waals surface area contributed by atoms with Crippen LogP contribution in [0.4, 0.5) is 0 Å². The number of nitrogens with one attached hydrogen (secondary N) is 1. The first-order chi connectivity index (χ1) is 13.4. The lowest BCUT2D eigenvalue weighted by Gasteiger charge is -2.14. The maximum absolute atomic E-state index is 13.0. The Morgan fingerprint density at radius 1 is 1.21 bits per heavy atom. The summed E-state index contributed by atoms with van der Waals surface area (Å²) in [7, 11) is 0. The summed E-state index contributed by atoms with van der Waals surface area (Å²) >= 11 is 1.39. The van der Waals surface area contributed by atoms with Crippen molar-refractivity contribution >= 4 is 34.4 Å². The van der Waals surface area contributed by atoms with Crippen molar-refractivity contribution in [1.29, 1.82) is 0 Å². The molecule has 0 spiro atoms. The predicted octanol–water partition coefficient (Wildman–Crippen LogP) is 3.20. The lowest BCUT2D eigenvalue weighted by atomic mass is 10.1. The van der Waals surface area contributed by atoms with E-state index in [1.54, 1.807) is 6.20 Å². The number of carbonyl (C=O) groups is 2. The van der Waals surface area contributed by atoms with E-state index >= 15 is 0 Å². The molecule has 1 amide bonds. The number of rotatable bonds is 9. The van der Waals surface area contributed by atoms with Gasteiger partial charge in [0, 0.05) is 42.0 Å². The van der Waals surface area contributed by atoms with E-state index in [-0.39, 0.29) is 23.4 Å². The van der Waals surface area contributed by atoms with Gasteiger partial charge in [-0.15, -0.1) is 10.2 Å². The number of amides is 1. The third-order valence-corrected chi connectivity index (χ3v) is 5.52. The molecule has 0 aliphatic heterocycles. The van der Waals surface area contributed by atoms with Gasteiger partial charge in [0.25, 0.3) is 0 Å². The maximum Gasteiger partial charge on any atom is 0.217 e. The highest BCUT2D eigenvalue weighted by molar-refractivity contribution is 8.00. The molecule has 0 radical (unpaired) electrons. The molecule has 1 aromatic carbocycles. The van der Waals surface area contributed by atoms with Gasteiger partial charge in [-0.05, 0) is 18.9 Å². The number of Topliss-reactive ketones (excluding diaryl/α,β-unsaturated/α-hetero) is 1. The number of aryl methyl sites for hydroxylation is 1. The zero-order valence-electron chi connectivity index (χ0n) is 16.3. The molecule has 2 heterocycles. The molecular weight excluding hydrogens is 374 g/mol. The fraction of sp³-hybridized carbons (Fsp3) is 0.400. The molecule has 3 rings (SSSR count). The summed E-state index contributed by atoms with van der Waals surface area (Å²) < 4.78 is 2.00. The van der Waals surface area contributed by atoms with Crippen LogP contribution in [0, 0.1) is 5.92 Å². The number of thioether (sulfide) groups is 1. The molecule has 0 aliphatic rings. The van der Waals surface area contributed by atoms with E-state index in [4.69, 9.17) is 5.73 Å². The number of benzene rings is 1. The van der Waals surface area contributed by atoms with Crippen LogP contribution in [-0.4, -0.2) is 36.7 Å². The lowest BCUT2D eigenvalue weighted by molar-refractivity contribution is -0.118. The van der Waals surface area contributed by atoms with Crippen LogP contribution in [0.1, 0.15) is 43.4 Å². The number of hydrogen-bond donors (Lipinski definition) is 2. The summed E-state index contributed by atoms with van der Waals surface area (Å²) in [5.74, 6) is 0.778. The largest absolute Gasteiger partial charge is 0.370 e. The van der Waals surface area contributed by atoms with E-state index in [0.29, 0.717) is 23.1 Å². The SMILES string of the molecule is CC(C)Cn1c(CCC(N)=O)nnc1S[C@H](C)C(=O)c1c[nH]c2ccccc12. The van der Waals surface area contributed by atoms with E-state index in [2.05, 4.69) is 29.0 Å². The molecule has 7 nitrogen and oxygen atoms in total. The highest BCUT2D eigenvalue weighted by Crippen LogP contribution is 2.28. The Labute approximate surface area is 168 Å². The molecule has 3 N–H and O–H groups in total. The summed E-state index contributed by atoms with van der Waals surface area (Å²) in [6.45, 7) is 6.81. The molecule has 0 fully saturated rings. The van der Waals surface area contributed by atoms with E-state index in [0.717, 1.165) is 23.3 Å². The van der Waals surface area contributed by atoms with Gasteiger partial charge >= 0.3 is 0 Å². The van der Waals surface area contributed by atoms with Crippen molar-refractivity contribution in [1.82, 2.24) is 19.7 Å². The van der Waals surface area contributed by atoms with Crippen LogP contribution in [-0.2, 0) is 17.8 Å². The van der Waals surface area contributed by atoms with Gasteiger partial charge < -0.3 is 15.3 Å². The van der Waals surface area contributed by atoms with Crippen molar-refractivity contribution in [3.8, 4) is 0 Å². The number of primary amides is 1. The summed E-state index contributed by atoms with van der Waals surface area (Å²) in [6.07, 6.45) is 2.44. The number of nitrogens with zero attached hydrogens (tertiary/aromatic N) is 3. The third-order valence-electron chi connectivity index (χ3n) is 4.44. The van der Waals surface area contributed by atoms with E-state index in [1.807, 2.05) is 35.8 Å². The molecule has 0 aliphatic carbocycles. The number of fused-ring (bicyclic) bond motifs is 1. The number of carbonyl (C=O) groups excluding carboxylic acids is 2. The number of ketones is 1. The van der Waals surface area contributed by atoms with Crippen molar-refractivity contribution in [2.45, 2.75) is 50.6 Å². The zero-order chi connectivity index (χ0) is 20.3. The smallest absolute Gasteiger partial charge is 0.217 e. The standard InChI is InChI=1S/C20H25N5O2S/c1-12(2)11-25-18(9-8-17(21)26)23-24-20(25)28-13(3)19(27)15-10-22-16-7-5-4-6-14(15)16/h4-7,10,12-13,22H,8-9,11H2,1-3H3,(H2,21,26)/t13-/m1/s1. The van der Waals surface area contributed by atoms with Crippen LogP contribution < -0.4 is 5.73 Å². The van der Waals surface area contributed by atoms with Crippen LogP contribution >= 0.6 is 11.8 Å². The average Bonchev–Trinajstić information content (AvgIpc) is 3.23. The Hall–Kier alpha value is -2.61. The Morgan fingerprint density at radius 2 is 1.96 bits per heavy atom. The first-order valence-corrected chi connectivity index (χ1v) is 10.2. The van der Waals surface area contributed by atoms with Crippen molar-refractivity contribution < 1.29 is 9.59 Å². The molecule has 2 aromatic heterocycles. The highest BCUT2D eigenvalue weighted by atomic mass is 32.2. The molecule has 28 heavy (non-hydrogen) atoms. The minimum absolute atomic E-state index is 0.0419. The molecule has 0 saturated carbocycles. The molecule has 0 unspecified atom stereocenters. The first-order valence-electron chi connectivity index (χ1n) is 9.34. The molecule has 1 atom stereocenters. The number of aromatic nitrogens is 4. The van der Waals surface area contributed by atoms with Crippen LogP contribution in [0.2, 0.25) is 0 Å². The van der Waals surface area contributed by atoms with E-state index in [1.165, 1.54) is 11.8 Å². The molecular formula is C20H25N5O2S. The second-order valence-corrected chi connectivity index (χ2v) is 8.55. The van der Waals surface area contributed by atoms with Gasteiger partial charge in [0.1, 0.15) is 5.82 Å². The molecule has 0 saturated heterocycles. The Morgan fingerprint density at radius 3 is 2.68 bits per heavy atom. The summed E-state index contributed by atoms with van der Waals surface area (Å²) in [6, 6.07) is 7.76. The van der Waals surface area contributed by atoms with E-state index < -0.39 is 0 Å². The normalized spacial score (nSPS) is 12.6. The highest BCUT2D eigenvalue weighted by Gasteiger charge is 2.23. The van der Waals surface area contributed by atoms with Gasteiger partial charge in [-0.25, -0.2) is 0 Å². The summed E-state index contributed by atoms with van der Waals surface area (Å²) in [5, 5.41) is 9.80. The maximum atomic E-state index is 13.0. The van der Waals surface area contributed by atoms with Crippen molar-refractivity contribution in [3.63, 3.8) is 0 Å². The van der Waals surface area contributed by atoms with Crippen LogP contribution in [0.15, 0.2) is 35.6 Å². The average molecular weight is 400 g/mol. The molecule has 8 heteroatoms. The number of para-hydroxylation sites is 1. The monoisotopic (exact) mass is 399 g/mol. The fourth-order valence-corrected chi connectivity index (χ4v) is 4.03. The van der Waals surface area contributed by atoms with Gasteiger partial charge in [-0.3, -0.25) is 9.59 Å². The number of H-pyrrole nitrogens is 1. The topological polar surface area (TPSA) is 107 Å². The first kappa shape index (κ1) is 20.1. The molecule has 3 aromatic rings. The summed E-state index contributed by atoms with van der Waals surface area (Å²) in [5.41, 5.74) is 6.89. The molecule has 0 bridgehead atoms. The van der Waals surface area contributed by atoms with Gasteiger partial charge in [0.05, 0.1) is 5.25 Å². The van der Waals surface area contributed by atoms with Crippen molar-refractivity contribution in [3.05, 3.63) is 41.9 Å². The Kier molecular flexibility index (Phi) is 6.18. The quantitative estimate of drug-likeness (QED) is 0.424. The Balaban J connectivity index is 1.81. The third kappa shape index (κ3) is 4.44. The Bertz CT molecular complexity index is 992. The number of aromatic amines is 1. The van der Waals surface area contributed by atoms with Crippen LogP contribution in [0.5, 0.6) is 0 Å². The van der Waals surface area contributed by atoms with Gasteiger partial charge in [0.2, 0.25) is 5.91 Å². The summed E-state index contributed by atoms with van der Waals surface area (Å²) in [4.78, 5) is 27.3. The second kappa shape index (κ2) is 8.60. The molecule has 148 valence electrons. The van der Waals surface area contributed by atoms with Gasteiger partial charge in [-0.2, -0.15) is 0 Å². The second-order valence-electron chi connectivity index (χ2n) is 7.24. The van der Waals surface area contributed by atoms with Crippen LogP contribution in [0.25, 0.3) is 10.9 Å². The lowest BCUT2D eigenvalue weighted by Crippen LogP contribution is -2.17. The predicted molar refractivity (Wildman–Crippen MR) is 110 cm³/mol. The number of nitrogens with two attached hydrogens (primary N) is 1. The van der Waals surface area contributed by atoms with E-state index in [9.17, 15) is 9.59 Å².